The number of ether oxygens (including phenoxy) is 1. The van der Waals surface area contributed by atoms with Gasteiger partial charge in [-0.15, -0.1) is 0 Å². The van der Waals surface area contributed by atoms with E-state index in [1.54, 1.807) is 0 Å². The highest BCUT2D eigenvalue weighted by molar-refractivity contribution is 5.77. The van der Waals surface area contributed by atoms with Gasteiger partial charge in [0.05, 0.1) is 25.2 Å². The lowest BCUT2D eigenvalue weighted by Gasteiger charge is -2.24. The molecule has 0 aliphatic carbocycles. The Morgan fingerprint density at radius 1 is 0.527 bits per heavy atom. The van der Waals surface area contributed by atoms with Crippen LogP contribution in [0.15, 0.2) is 48.6 Å². The molecule has 0 aromatic carbocycles. The minimum Gasteiger partial charge on any atom is -0.462 e. The maximum Gasteiger partial charge on any atom is 0.306 e. The number of carbonyl (C=O) groups excluding carboxylic acids is 2. The molecule has 0 fully saturated rings. The van der Waals surface area contributed by atoms with Crippen molar-refractivity contribution in [3.8, 4) is 0 Å². The monoisotopic (exact) mass is 772 g/mol. The van der Waals surface area contributed by atoms with Crippen LogP contribution in [0.4, 0.5) is 0 Å². The van der Waals surface area contributed by atoms with Gasteiger partial charge in [0.2, 0.25) is 5.91 Å². The number of aliphatic hydroxyl groups is 2. The molecule has 0 rings (SSSR count). The van der Waals surface area contributed by atoms with Gasteiger partial charge in [-0.2, -0.15) is 0 Å². The number of carbonyl (C=O) groups is 2. The third-order valence-electron chi connectivity index (χ3n) is 10.4. The summed E-state index contributed by atoms with van der Waals surface area (Å²) in [4.78, 5) is 25.9. The molecule has 0 saturated heterocycles. The zero-order valence-electron chi connectivity index (χ0n) is 36.3. The van der Waals surface area contributed by atoms with E-state index < -0.39 is 18.2 Å². The van der Waals surface area contributed by atoms with Crippen molar-refractivity contribution >= 4 is 11.9 Å². The molecule has 0 radical (unpaired) electrons. The molecule has 0 aromatic rings. The fraction of sp³-hybridized carbons (Fsp3) is 0.796. The van der Waals surface area contributed by atoms with Crippen LogP contribution >= 0.6 is 0 Å². The van der Waals surface area contributed by atoms with E-state index in [-0.39, 0.29) is 24.9 Å². The molecule has 6 nitrogen and oxygen atoms in total. The Hall–Kier alpha value is -2.18. The molecule has 3 unspecified atom stereocenters. The van der Waals surface area contributed by atoms with Gasteiger partial charge in [-0.25, -0.2) is 0 Å². The van der Waals surface area contributed by atoms with Crippen LogP contribution in [0.5, 0.6) is 0 Å². The van der Waals surface area contributed by atoms with Gasteiger partial charge in [-0.05, 0) is 70.6 Å². The Morgan fingerprint density at radius 3 is 1.51 bits per heavy atom. The molecule has 0 aliphatic heterocycles. The van der Waals surface area contributed by atoms with Crippen molar-refractivity contribution in [1.82, 2.24) is 5.32 Å². The summed E-state index contributed by atoms with van der Waals surface area (Å²) < 4.78 is 5.88. The molecule has 0 aliphatic rings. The third-order valence-corrected chi connectivity index (χ3v) is 10.4. The summed E-state index contributed by atoms with van der Waals surface area (Å²) in [7, 11) is 0. The van der Waals surface area contributed by atoms with Crippen LogP contribution in [-0.2, 0) is 14.3 Å². The normalized spacial score (nSPS) is 13.8. The Kier molecular flexibility index (Phi) is 41.2. The molecule has 0 saturated carbocycles. The van der Waals surface area contributed by atoms with E-state index in [9.17, 15) is 19.8 Å². The number of hydrogen-bond acceptors (Lipinski definition) is 5. The van der Waals surface area contributed by atoms with Gasteiger partial charge in [0.1, 0.15) is 6.10 Å². The van der Waals surface area contributed by atoms with E-state index in [0.717, 1.165) is 89.9 Å². The Balaban J connectivity index is 4.54. The van der Waals surface area contributed by atoms with Gasteiger partial charge in [-0.3, -0.25) is 9.59 Å². The second-order valence-electron chi connectivity index (χ2n) is 15.9. The van der Waals surface area contributed by atoms with Crippen LogP contribution in [-0.4, -0.2) is 46.9 Å². The first-order chi connectivity index (χ1) is 27.0. The molecular formula is C49H89NO5. The van der Waals surface area contributed by atoms with Crippen LogP contribution < -0.4 is 5.32 Å². The zero-order chi connectivity index (χ0) is 40.3. The first kappa shape index (κ1) is 52.8. The predicted octanol–water partition coefficient (Wildman–Crippen LogP) is 13.5. The van der Waals surface area contributed by atoms with Crippen molar-refractivity contribution in [2.45, 2.75) is 244 Å². The number of nitrogens with one attached hydrogen (secondary N) is 1. The van der Waals surface area contributed by atoms with Gasteiger partial charge in [0, 0.05) is 6.42 Å². The Labute approximate surface area is 340 Å². The van der Waals surface area contributed by atoms with E-state index in [0.29, 0.717) is 19.3 Å². The van der Waals surface area contributed by atoms with Crippen molar-refractivity contribution in [3.63, 3.8) is 0 Å². The number of rotatable bonds is 41. The first-order valence-corrected chi connectivity index (χ1v) is 23.4. The number of aliphatic hydroxyl groups excluding tert-OH is 2. The molecule has 3 N–H and O–H groups in total. The van der Waals surface area contributed by atoms with Gasteiger partial charge in [-0.1, -0.05) is 191 Å². The minimum absolute atomic E-state index is 0.0576. The molecule has 0 heterocycles. The average molecular weight is 772 g/mol. The molecule has 0 aromatic heterocycles. The second-order valence-corrected chi connectivity index (χ2v) is 15.9. The number of allylic oxidation sites excluding steroid dienone is 8. The van der Waals surface area contributed by atoms with E-state index >= 15 is 0 Å². The highest BCUT2D eigenvalue weighted by Gasteiger charge is 2.24. The fourth-order valence-corrected chi connectivity index (χ4v) is 6.82. The number of esters is 1. The zero-order valence-corrected chi connectivity index (χ0v) is 36.3. The summed E-state index contributed by atoms with van der Waals surface area (Å²) in [5.41, 5.74) is 0. The predicted molar refractivity (Wildman–Crippen MR) is 236 cm³/mol. The van der Waals surface area contributed by atoms with Crippen molar-refractivity contribution < 1.29 is 24.5 Å². The van der Waals surface area contributed by atoms with Crippen molar-refractivity contribution in [1.29, 1.82) is 0 Å². The molecule has 3 atom stereocenters. The van der Waals surface area contributed by atoms with E-state index in [2.05, 4.69) is 74.7 Å². The minimum atomic E-state index is -0.792. The summed E-state index contributed by atoms with van der Waals surface area (Å²) in [5.74, 6) is -0.517. The smallest absolute Gasteiger partial charge is 0.306 e. The van der Waals surface area contributed by atoms with E-state index in [1.807, 2.05) is 0 Å². The Morgan fingerprint density at radius 2 is 0.964 bits per heavy atom. The second kappa shape index (κ2) is 43.0. The fourth-order valence-electron chi connectivity index (χ4n) is 6.82. The highest BCUT2D eigenvalue weighted by Crippen LogP contribution is 2.17. The third kappa shape index (κ3) is 38.5. The van der Waals surface area contributed by atoms with Crippen molar-refractivity contribution in [2.24, 2.45) is 0 Å². The van der Waals surface area contributed by atoms with Crippen molar-refractivity contribution in [3.05, 3.63) is 48.6 Å². The van der Waals surface area contributed by atoms with Crippen LogP contribution in [0.1, 0.15) is 226 Å². The molecule has 0 spiro atoms. The highest BCUT2D eigenvalue weighted by atomic mass is 16.5. The van der Waals surface area contributed by atoms with Gasteiger partial charge < -0.3 is 20.3 Å². The lowest BCUT2D eigenvalue weighted by molar-refractivity contribution is -0.151. The van der Waals surface area contributed by atoms with Crippen molar-refractivity contribution in [2.75, 3.05) is 6.61 Å². The molecule has 1 amide bonds. The lowest BCUT2D eigenvalue weighted by atomic mass is 10.0. The topological polar surface area (TPSA) is 95.9 Å². The summed E-state index contributed by atoms with van der Waals surface area (Å²) in [6.07, 6.45) is 50.3. The largest absolute Gasteiger partial charge is 0.462 e. The molecular weight excluding hydrogens is 683 g/mol. The molecule has 320 valence electrons. The summed E-state index contributed by atoms with van der Waals surface area (Å²) in [6, 6.07) is -0.707. The van der Waals surface area contributed by atoms with Gasteiger partial charge in [0.25, 0.3) is 0 Å². The summed E-state index contributed by atoms with van der Waals surface area (Å²) in [5, 5.41) is 23.5. The summed E-state index contributed by atoms with van der Waals surface area (Å²) in [6.45, 7) is 6.38. The van der Waals surface area contributed by atoms with Gasteiger partial charge in [0.15, 0.2) is 0 Å². The Bertz CT molecular complexity index is 957. The van der Waals surface area contributed by atoms with Gasteiger partial charge >= 0.3 is 5.97 Å². The van der Waals surface area contributed by atoms with Crippen LogP contribution in [0.25, 0.3) is 0 Å². The first-order valence-electron chi connectivity index (χ1n) is 23.4. The average Bonchev–Trinajstić information content (AvgIpc) is 3.18. The summed E-state index contributed by atoms with van der Waals surface area (Å²) >= 11 is 0. The van der Waals surface area contributed by atoms with Crippen LogP contribution in [0.2, 0.25) is 0 Å². The maximum absolute atomic E-state index is 13.1. The standard InChI is InChI=1S/C49H89NO5/c1-4-7-10-13-16-19-20-21-22-23-24-25-26-27-30-33-36-39-42-49(54)55-45(40-37-34-31-28-17-14-11-8-5-2)43-48(53)50-46(44-51)47(52)41-38-35-32-29-18-15-12-9-6-3/h14,17,20-25,45-47,51-52H,4-13,15-16,18-19,26-44H2,1-3H3,(H,50,53)/b17-14-,21-20+,23-22+,25-24+. The molecule has 55 heavy (non-hydrogen) atoms. The number of amides is 1. The van der Waals surface area contributed by atoms with E-state index in [4.69, 9.17) is 4.74 Å². The van der Waals surface area contributed by atoms with Crippen LogP contribution in [0, 0.1) is 0 Å². The molecule has 6 heteroatoms. The molecule has 0 bridgehead atoms. The quantitative estimate of drug-likeness (QED) is 0.0249. The lowest BCUT2D eigenvalue weighted by Crippen LogP contribution is -2.46. The number of unbranched alkanes of at least 4 members (excludes halogenated alkanes) is 23. The van der Waals surface area contributed by atoms with Crippen LogP contribution in [0.3, 0.4) is 0 Å². The number of hydrogen-bond donors (Lipinski definition) is 3. The SMILES string of the molecule is CCCC/C=C\CCCCCC(CC(=O)NC(CO)C(O)CCCCCCCCCCC)OC(=O)CCCCCCC/C=C/C=C/C=C/CCCCCCC. The van der Waals surface area contributed by atoms with E-state index in [1.165, 1.54) is 89.9 Å². The maximum atomic E-state index is 13.1.